The Kier molecular flexibility index (Phi) is 9.23. The molecule has 0 saturated carbocycles. The first-order valence-electron chi connectivity index (χ1n) is 27.4. The molecule has 0 radical (unpaired) electrons. The van der Waals surface area contributed by atoms with E-state index in [2.05, 4.69) is 215 Å². The van der Waals surface area contributed by atoms with Crippen LogP contribution in [0.5, 0.6) is 0 Å². The van der Waals surface area contributed by atoms with Gasteiger partial charge in [-0.2, -0.15) is 0 Å². The van der Waals surface area contributed by atoms with Crippen molar-refractivity contribution in [3.63, 3.8) is 0 Å². The van der Waals surface area contributed by atoms with Crippen molar-refractivity contribution >= 4 is 122 Å². The van der Waals surface area contributed by atoms with Crippen molar-refractivity contribution in [2.75, 3.05) is 9.80 Å². The van der Waals surface area contributed by atoms with Crippen LogP contribution in [0, 0.1) is 0 Å². The minimum Gasteiger partial charge on any atom is -0.311 e. The Hall–Kier alpha value is -7.36. The highest BCUT2D eigenvalue weighted by molar-refractivity contribution is 7.00. The van der Waals surface area contributed by atoms with Crippen molar-refractivity contribution in [2.45, 2.75) is 104 Å². The zero-order chi connectivity index (χ0) is 49.1. The van der Waals surface area contributed by atoms with E-state index in [9.17, 15) is 0 Å². The predicted molar refractivity (Wildman–Crippen MR) is 316 cm³/mol. The quantitative estimate of drug-likeness (QED) is 0.121. The van der Waals surface area contributed by atoms with Gasteiger partial charge in [-0.15, -0.1) is 0 Å². The second-order valence-electron chi connectivity index (χ2n) is 23.3. The van der Waals surface area contributed by atoms with Crippen LogP contribution in [-0.2, 0) is 36.5 Å². The summed E-state index contributed by atoms with van der Waals surface area (Å²) in [4.78, 5) is 5.51. The van der Waals surface area contributed by atoms with Crippen LogP contribution < -0.4 is 26.2 Å². The highest BCUT2D eigenvalue weighted by Gasteiger charge is 2.49. The van der Waals surface area contributed by atoms with E-state index in [1.807, 2.05) is 0 Å². The topological polar surface area (TPSA) is 6.48 Å². The minimum atomic E-state index is -0.0538. The van der Waals surface area contributed by atoms with Gasteiger partial charge in [0, 0.05) is 34.1 Å². The van der Waals surface area contributed by atoms with Crippen molar-refractivity contribution < 1.29 is 0 Å². The maximum absolute atomic E-state index is 2.76. The monoisotopic (exact) mass is 940 g/mol. The first-order valence-corrected chi connectivity index (χ1v) is 27.4. The number of rotatable bonds is 6. The van der Waals surface area contributed by atoms with Crippen molar-refractivity contribution in [2.24, 2.45) is 0 Å². The summed E-state index contributed by atoms with van der Waals surface area (Å²) < 4.78 is 0. The van der Waals surface area contributed by atoms with E-state index in [0.29, 0.717) is 0 Å². The summed E-state index contributed by atoms with van der Waals surface area (Å²) in [6, 6.07) is 63.8. The lowest BCUT2D eigenvalue weighted by Crippen LogP contribution is -2.62. The normalized spacial score (nSPS) is 15.0. The number of nitrogens with zero attached hydrogens (tertiary/aromatic N) is 2. The molecule has 0 amide bonds. The summed E-state index contributed by atoms with van der Waals surface area (Å²) >= 11 is 0. The average Bonchev–Trinajstić information content (AvgIpc) is 4.11. The Labute approximate surface area is 430 Å². The third-order valence-electron chi connectivity index (χ3n) is 18.8. The van der Waals surface area contributed by atoms with Gasteiger partial charge >= 0.3 is 0 Å². The highest BCUT2D eigenvalue weighted by atomic mass is 15.2. The van der Waals surface area contributed by atoms with Gasteiger partial charge in [0.1, 0.15) is 0 Å². The lowest BCUT2D eigenvalue weighted by Gasteiger charge is -2.48. The van der Waals surface area contributed by atoms with Crippen molar-refractivity contribution in [3.8, 4) is 0 Å². The van der Waals surface area contributed by atoms with Crippen LogP contribution in [0.1, 0.15) is 101 Å². The molecule has 2 aliphatic carbocycles. The lowest BCUT2D eigenvalue weighted by atomic mass is 9.32. The minimum absolute atomic E-state index is 0.0538. The smallest absolute Gasteiger partial charge is 0.252 e. The Morgan fingerprint density at radius 2 is 0.726 bits per heavy atom. The van der Waals surface area contributed by atoms with Gasteiger partial charge in [0.15, 0.2) is 0 Å². The van der Waals surface area contributed by atoms with E-state index >= 15 is 0 Å². The second kappa shape index (κ2) is 15.6. The van der Waals surface area contributed by atoms with Crippen LogP contribution in [-0.4, -0.2) is 6.71 Å². The SMILES string of the molecule is CCC(C)(C)c1c2c(cc3c1N(c1ccc4c5ccccc5c5ccccc5c4c1)c1cccc4c1B3c1cc3c(c(C(C)(C)CC)c1N4c1ccc4c5ccccc5c5ccccc5c4c1)CCC3)CCC2. The van der Waals surface area contributed by atoms with Crippen LogP contribution >= 0.6 is 0 Å². The van der Waals surface area contributed by atoms with Gasteiger partial charge in [0.05, 0.1) is 0 Å². The van der Waals surface area contributed by atoms with Gasteiger partial charge < -0.3 is 9.80 Å². The predicted octanol–water partition coefficient (Wildman–Crippen LogP) is 17.0. The van der Waals surface area contributed by atoms with Crippen molar-refractivity contribution in [1.29, 1.82) is 0 Å². The maximum atomic E-state index is 2.76. The molecule has 4 aliphatic rings. The molecule has 0 saturated heterocycles. The van der Waals surface area contributed by atoms with E-state index in [0.717, 1.165) is 38.5 Å². The number of anilines is 6. The molecule has 0 atom stereocenters. The summed E-state index contributed by atoms with van der Waals surface area (Å²) in [6.45, 7) is 15.0. The van der Waals surface area contributed by atoms with Gasteiger partial charge in [-0.3, -0.25) is 0 Å². The molecule has 0 N–H and O–H groups in total. The molecular weight excluding hydrogens is 880 g/mol. The summed E-state index contributed by atoms with van der Waals surface area (Å²) in [5, 5.41) is 15.7. The molecule has 15 rings (SSSR count). The molecule has 2 nitrogen and oxygen atoms in total. The third kappa shape index (κ3) is 5.94. The highest BCUT2D eigenvalue weighted by Crippen LogP contribution is 2.54. The Morgan fingerprint density at radius 3 is 1.08 bits per heavy atom. The largest absolute Gasteiger partial charge is 0.311 e. The Morgan fingerprint density at radius 1 is 0.384 bits per heavy atom. The summed E-state index contributed by atoms with van der Waals surface area (Å²) in [5.41, 5.74) is 21.7. The van der Waals surface area contributed by atoms with E-state index in [1.165, 1.54) is 128 Å². The van der Waals surface area contributed by atoms with Crippen molar-refractivity contribution in [3.05, 3.63) is 197 Å². The molecule has 73 heavy (non-hydrogen) atoms. The molecule has 0 bridgehead atoms. The van der Waals surface area contributed by atoms with E-state index in [-0.39, 0.29) is 17.5 Å². The molecule has 354 valence electrons. The molecule has 0 unspecified atom stereocenters. The second-order valence-corrected chi connectivity index (χ2v) is 23.3. The molecule has 2 aliphatic heterocycles. The number of hydrogen-bond donors (Lipinski definition) is 0. The first kappa shape index (κ1) is 43.2. The fourth-order valence-electron chi connectivity index (χ4n) is 14.8. The Balaban J connectivity index is 1.09. The van der Waals surface area contributed by atoms with Crippen LogP contribution in [0.25, 0.3) is 64.6 Å². The van der Waals surface area contributed by atoms with Gasteiger partial charge in [0.25, 0.3) is 6.71 Å². The fourth-order valence-corrected chi connectivity index (χ4v) is 14.8. The number of hydrogen-bond acceptors (Lipinski definition) is 2. The van der Waals surface area contributed by atoms with Crippen LogP contribution in [0.4, 0.5) is 34.1 Å². The van der Waals surface area contributed by atoms with Crippen molar-refractivity contribution in [1.82, 2.24) is 0 Å². The third-order valence-corrected chi connectivity index (χ3v) is 18.8. The van der Waals surface area contributed by atoms with E-state index in [4.69, 9.17) is 0 Å². The zero-order valence-electron chi connectivity index (χ0n) is 43.2. The first-order chi connectivity index (χ1) is 35.6. The van der Waals surface area contributed by atoms with Gasteiger partial charge in [0.2, 0.25) is 0 Å². The fraction of sp³-hybridized carbons (Fsp3) is 0.229. The standard InChI is InChI=1S/C70H61BN2/c1-7-69(3,4)64-46-30-17-20-42(46)38-60-67(64)72(44-34-36-56-52-26-11-9-22-48(52)50-24-13-15-28-54(50)58(56)40-44)62-32-19-33-63-66(62)71(60)61-39-43-21-18-31-47(43)65(70(5,6)8-2)68(61)73(63)45-35-37-57-53-27-12-10-23-49(53)51-25-14-16-29-55(51)59(57)41-45/h9-16,19,22-29,32-41H,7-8,17-18,20-21,30-31H2,1-6H3. The Bertz CT molecular complexity index is 3880. The summed E-state index contributed by atoms with van der Waals surface area (Å²) in [6.07, 6.45) is 9.11. The van der Waals surface area contributed by atoms with Gasteiger partial charge in [-0.25, -0.2) is 0 Å². The van der Waals surface area contributed by atoms with Gasteiger partial charge in [-0.1, -0.05) is 169 Å². The van der Waals surface area contributed by atoms with Crippen LogP contribution in [0.3, 0.4) is 0 Å². The van der Waals surface area contributed by atoms with Crippen LogP contribution in [0.15, 0.2) is 164 Å². The molecule has 11 aromatic rings. The molecular formula is C70H61BN2. The van der Waals surface area contributed by atoms with E-state index < -0.39 is 0 Å². The summed E-state index contributed by atoms with van der Waals surface area (Å²) in [7, 11) is 0. The molecule has 0 fully saturated rings. The van der Waals surface area contributed by atoms with Gasteiger partial charge in [-0.05, 0) is 213 Å². The summed E-state index contributed by atoms with van der Waals surface area (Å²) in [5.74, 6) is 0. The number of fused-ring (bicyclic) bond motifs is 18. The lowest BCUT2D eigenvalue weighted by molar-refractivity contribution is 0.503. The van der Waals surface area contributed by atoms with E-state index in [1.54, 1.807) is 33.4 Å². The molecule has 3 heteroatoms. The number of benzene rings is 11. The number of aryl methyl sites for hydroxylation is 2. The molecule has 11 aromatic carbocycles. The molecule has 0 aromatic heterocycles. The maximum Gasteiger partial charge on any atom is 0.252 e. The van der Waals surface area contributed by atoms with Crippen LogP contribution in [0.2, 0.25) is 0 Å². The molecule has 2 heterocycles. The molecule has 0 spiro atoms. The average molecular weight is 941 g/mol. The zero-order valence-corrected chi connectivity index (χ0v) is 43.2.